The number of unbranched alkanes of at least 4 members (excludes halogenated alkanes) is 1. The van der Waals surface area contributed by atoms with Crippen molar-refractivity contribution in [3.8, 4) is 0 Å². The molecule has 0 bridgehead atoms. The van der Waals surface area contributed by atoms with Gasteiger partial charge in [0, 0.05) is 24.5 Å². The van der Waals surface area contributed by atoms with Crippen LogP contribution in [0.5, 0.6) is 0 Å². The van der Waals surface area contributed by atoms with Gasteiger partial charge in [-0.3, -0.25) is 0 Å². The van der Waals surface area contributed by atoms with Crippen molar-refractivity contribution in [3.63, 3.8) is 0 Å². The molecule has 0 amide bonds. The lowest BCUT2D eigenvalue weighted by Crippen LogP contribution is -2.16. The molecule has 0 radical (unpaired) electrons. The minimum Gasteiger partial charge on any atom is -0.350 e. The molecule has 0 aliphatic heterocycles. The van der Waals surface area contributed by atoms with Gasteiger partial charge in [-0.15, -0.1) is 0 Å². The number of nitrogens with zero attached hydrogens (tertiary/aromatic N) is 1. The third-order valence-electron chi connectivity index (χ3n) is 3.33. The molecular weight excluding hydrogens is 196 g/mol. The number of aromatic nitrogens is 1. The maximum Gasteiger partial charge on any atom is 0.0421 e. The fourth-order valence-corrected chi connectivity index (χ4v) is 2.20. The number of hydrogen-bond acceptors (Lipinski definition) is 1. The van der Waals surface area contributed by atoms with Crippen LogP contribution >= 0.6 is 0 Å². The second kappa shape index (κ2) is 6.74. The van der Waals surface area contributed by atoms with Crippen LogP contribution in [0.1, 0.15) is 58.2 Å². The van der Waals surface area contributed by atoms with Gasteiger partial charge in [-0.1, -0.05) is 33.1 Å². The largest absolute Gasteiger partial charge is 0.350 e. The van der Waals surface area contributed by atoms with Crippen LogP contribution < -0.4 is 5.73 Å². The summed E-state index contributed by atoms with van der Waals surface area (Å²) in [5.74, 6) is 0.796. The topological polar surface area (TPSA) is 30.9 Å². The first-order valence-electron chi connectivity index (χ1n) is 6.59. The van der Waals surface area contributed by atoms with E-state index in [2.05, 4.69) is 43.7 Å². The summed E-state index contributed by atoms with van der Waals surface area (Å²) in [5.41, 5.74) is 7.21. The van der Waals surface area contributed by atoms with E-state index in [1.807, 2.05) is 0 Å². The van der Waals surface area contributed by atoms with Crippen molar-refractivity contribution in [2.24, 2.45) is 11.7 Å². The Labute approximate surface area is 99.8 Å². The Kier molecular flexibility index (Phi) is 5.61. The number of rotatable bonds is 7. The predicted molar refractivity (Wildman–Crippen MR) is 70.3 cm³/mol. The molecule has 2 atom stereocenters. The van der Waals surface area contributed by atoms with E-state index in [0.717, 1.165) is 12.5 Å². The first kappa shape index (κ1) is 13.3. The van der Waals surface area contributed by atoms with Gasteiger partial charge < -0.3 is 10.3 Å². The molecule has 0 saturated carbocycles. The van der Waals surface area contributed by atoms with E-state index in [0.29, 0.717) is 0 Å². The Morgan fingerprint density at radius 3 is 2.69 bits per heavy atom. The SMILES string of the molecule is CCCCC(CC)Cn1cccc1C(C)N. The molecule has 2 N–H and O–H groups in total. The van der Waals surface area contributed by atoms with Crippen LogP contribution in [0.3, 0.4) is 0 Å². The first-order chi connectivity index (χ1) is 7.69. The highest BCUT2D eigenvalue weighted by Gasteiger charge is 2.10. The normalized spacial score (nSPS) is 15.0. The zero-order chi connectivity index (χ0) is 12.0. The van der Waals surface area contributed by atoms with Gasteiger partial charge >= 0.3 is 0 Å². The summed E-state index contributed by atoms with van der Waals surface area (Å²) in [6.07, 6.45) is 7.39. The van der Waals surface area contributed by atoms with E-state index in [9.17, 15) is 0 Å². The molecule has 1 aromatic heterocycles. The Morgan fingerprint density at radius 1 is 1.38 bits per heavy atom. The van der Waals surface area contributed by atoms with E-state index in [4.69, 9.17) is 5.73 Å². The van der Waals surface area contributed by atoms with Crippen molar-refractivity contribution in [2.45, 2.75) is 59.0 Å². The van der Waals surface area contributed by atoms with Crippen LogP contribution in [0.25, 0.3) is 0 Å². The monoisotopic (exact) mass is 222 g/mol. The zero-order valence-electron chi connectivity index (χ0n) is 10.9. The summed E-state index contributed by atoms with van der Waals surface area (Å²) >= 11 is 0. The van der Waals surface area contributed by atoms with E-state index in [1.54, 1.807) is 0 Å². The molecule has 1 aromatic rings. The lowest BCUT2D eigenvalue weighted by Gasteiger charge is -2.19. The smallest absolute Gasteiger partial charge is 0.0421 e. The molecule has 2 nitrogen and oxygen atoms in total. The number of nitrogens with two attached hydrogens (primary N) is 1. The Hall–Kier alpha value is -0.760. The third kappa shape index (κ3) is 3.67. The van der Waals surface area contributed by atoms with Gasteiger partial charge in [-0.05, 0) is 31.4 Å². The molecule has 16 heavy (non-hydrogen) atoms. The fraction of sp³-hybridized carbons (Fsp3) is 0.714. The summed E-state index contributed by atoms with van der Waals surface area (Å²) < 4.78 is 2.33. The van der Waals surface area contributed by atoms with Crippen molar-refractivity contribution in [1.82, 2.24) is 4.57 Å². The second-order valence-electron chi connectivity index (χ2n) is 4.79. The molecule has 0 fully saturated rings. The summed E-state index contributed by atoms with van der Waals surface area (Å²) in [7, 11) is 0. The average molecular weight is 222 g/mol. The second-order valence-corrected chi connectivity index (χ2v) is 4.79. The number of hydrogen-bond donors (Lipinski definition) is 1. The minimum atomic E-state index is 0.138. The molecule has 0 aliphatic rings. The molecule has 2 heteroatoms. The van der Waals surface area contributed by atoms with Gasteiger partial charge in [0.1, 0.15) is 0 Å². The Balaban J connectivity index is 2.59. The van der Waals surface area contributed by atoms with Crippen LogP contribution in [-0.4, -0.2) is 4.57 Å². The van der Waals surface area contributed by atoms with Crippen molar-refractivity contribution in [2.75, 3.05) is 0 Å². The van der Waals surface area contributed by atoms with Crippen LogP contribution in [0.15, 0.2) is 18.3 Å². The molecule has 0 aliphatic carbocycles. The van der Waals surface area contributed by atoms with Crippen LogP contribution in [-0.2, 0) is 6.54 Å². The van der Waals surface area contributed by atoms with E-state index >= 15 is 0 Å². The molecular formula is C14H26N2. The van der Waals surface area contributed by atoms with Gasteiger partial charge in [-0.2, -0.15) is 0 Å². The molecule has 1 heterocycles. The van der Waals surface area contributed by atoms with E-state index in [-0.39, 0.29) is 6.04 Å². The molecule has 92 valence electrons. The van der Waals surface area contributed by atoms with Crippen molar-refractivity contribution in [3.05, 3.63) is 24.0 Å². The van der Waals surface area contributed by atoms with Crippen LogP contribution in [0.4, 0.5) is 0 Å². The van der Waals surface area contributed by atoms with Crippen LogP contribution in [0.2, 0.25) is 0 Å². The van der Waals surface area contributed by atoms with Gasteiger partial charge in [0.15, 0.2) is 0 Å². The lowest BCUT2D eigenvalue weighted by atomic mass is 9.99. The summed E-state index contributed by atoms with van der Waals surface area (Å²) in [6.45, 7) is 7.73. The first-order valence-corrected chi connectivity index (χ1v) is 6.59. The molecule has 0 aromatic carbocycles. The predicted octanol–water partition coefficient (Wildman–Crippen LogP) is 3.72. The quantitative estimate of drug-likeness (QED) is 0.749. The lowest BCUT2D eigenvalue weighted by molar-refractivity contribution is 0.383. The highest BCUT2D eigenvalue weighted by Crippen LogP contribution is 2.18. The molecule has 1 rings (SSSR count). The highest BCUT2D eigenvalue weighted by atomic mass is 15.0. The van der Waals surface area contributed by atoms with Crippen molar-refractivity contribution >= 4 is 0 Å². The third-order valence-corrected chi connectivity index (χ3v) is 3.33. The Morgan fingerprint density at radius 2 is 2.12 bits per heavy atom. The zero-order valence-corrected chi connectivity index (χ0v) is 10.9. The minimum absolute atomic E-state index is 0.138. The summed E-state index contributed by atoms with van der Waals surface area (Å²) in [5, 5.41) is 0. The van der Waals surface area contributed by atoms with Gasteiger partial charge in [0.2, 0.25) is 0 Å². The Bertz CT molecular complexity index is 289. The van der Waals surface area contributed by atoms with Gasteiger partial charge in [0.25, 0.3) is 0 Å². The standard InChI is InChI=1S/C14H26N2/c1-4-6-8-13(5-2)11-16-10-7-9-14(16)12(3)15/h7,9-10,12-13H,4-6,8,11,15H2,1-3H3. The highest BCUT2D eigenvalue weighted by molar-refractivity contribution is 5.10. The summed E-state index contributed by atoms with van der Waals surface area (Å²) in [4.78, 5) is 0. The van der Waals surface area contributed by atoms with E-state index in [1.165, 1.54) is 31.4 Å². The molecule has 0 spiro atoms. The average Bonchev–Trinajstić information content (AvgIpc) is 2.72. The maximum absolute atomic E-state index is 5.96. The van der Waals surface area contributed by atoms with Gasteiger partial charge in [0.05, 0.1) is 0 Å². The van der Waals surface area contributed by atoms with E-state index < -0.39 is 0 Å². The fourth-order valence-electron chi connectivity index (χ4n) is 2.20. The van der Waals surface area contributed by atoms with Crippen LogP contribution in [0, 0.1) is 5.92 Å². The van der Waals surface area contributed by atoms with Crippen molar-refractivity contribution in [1.29, 1.82) is 0 Å². The summed E-state index contributed by atoms with van der Waals surface area (Å²) in [6, 6.07) is 4.38. The molecule has 0 saturated heterocycles. The maximum atomic E-state index is 5.96. The molecule has 2 unspecified atom stereocenters. The van der Waals surface area contributed by atoms with Gasteiger partial charge in [-0.25, -0.2) is 0 Å². The van der Waals surface area contributed by atoms with Crippen molar-refractivity contribution < 1.29 is 0 Å².